The summed E-state index contributed by atoms with van der Waals surface area (Å²) in [7, 11) is 1.59. The van der Waals surface area contributed by atoms with Crippen LogP contribution in [0.15, 0.2) is 48.5 Å². The molecule has 154 valence electrons. The van der Waals surface area contributed by atoms with Gasteiger partial charge in [0.05, 0.1) is 26.4 Å². The molecular weight excluding hydrogens is 373 g/mol. The molecule has 1 saturated heterocycles. The monoisotopic (exact) mass is 399 g/mol. The van der Waals surface area contributed by atoms with Gasteiger partial charge in [-0.25, -0.2) is 4.39 Å². The lowest BCUT2D eigenvalue weighted by atomic mass is 10.1. The van der Waals surface area contributed by atoms with Gasteiger partial charge in [-0.3, -0.25) is 4.79 Å². The standard InChI is InChI=1S/C23H26FNO4/c1-16(2)29-20-10-4-17(14-21(20)27-3)5-11-23(26)25-12-13-28-22(15-25)18-6-8-19(24)9-7-18/h4-11,14,16,22H,12-13,15H2,1-3H3/b11-5+. The maximum atomic E-state index is 13.1. The first-order valence-corrected chi connectivity index (χ1v) is 9.65. The molecule has 3 rings (SSSR count). The van der Waals surface area contributed by atoms with Crippen LogP contribution in [0, 0.1) is 5.82 Å². The fourth-order valence-corrected chi connectivity index (χ4v) is 3.14. The van der Waals surface area contributed by atoms with Crippen molar-refractivity contribution in [3.63, 3.8) is 0 Å². The number of morpholine rings is 1. The number of rotatable bonds is 6. The molecule has 1 aliphatic heterocycles. The number of amides is 1. The second-order valence-electron chi connectivity index (χ2n) is 7.11. The summed E-state index contributed by atoms with van der Waals surface area (Å²) in [5, 5.41) is 0. The Bertz CT molecular complexity index is 864. The Hall–Kier alpha value is -2.86. The minimum atomic E-state index is -0.291. The first-order valence-electron chi connectivity index (χ1n) is 9.65. The van der Waals surface area contributed by atoms with Crippen molar-refractivity contribution in [1.82, 2.24) is 4.90 Å². The summed E-state index contributed by atoms with van der Waals surface area (Å²) in [6, 6.07) is 11.7. The Morgan fingerprint density at radius 2 is 1.97 bits per heavy atom. The van der Waals surface area contributed by atoms with E-state index >= 15 is 0 Å². The second kappa shape index (κ2) is 9.56. The summed E-state index contributed by atoms with van der Waals surface area (Å²) < 4.78 is 30.0. The molecule has 1 fully saturated rings. The second-order valence-corrected chi connectivity index (χ2v) is 7.11. The van der Waals surface area contributed by atoms with Crippen molar-refractivity contribution >= 4 is 12.0 Å². The van der Waals surface area contributed by atoms with E-state index in [4.69, 9.17) is 14.2 Å². The Morgan fingerprint density at radius 1 is 1.21 bits per heavy atom. The predicted molar refractivity (Wildman–Crippen MR) is 109 cm³/mol. The van der Waals surface area contributed by atoms with Crippen LogP contribution in [0.4, 0.5) is 4.39 Å². The molecular formula is C23H26FNO4. The molecule has 1 amide bonds. The van der Waals surface area contributed by atoms with Gasteiger partial charge in [-0.05, 0) is 55.3 Å². The molecule has 0 saturated carbocycles. The van der Waals surface area contributed by atoms with E-state index in [-0.39, 0.29) is 23.9 Å². The SMILES string of the molecule is COc1cc(/C=C/C(=O)N2CCOC(c3ccc(F)cc3)C2)ccc1OC(C)C. The minimum Gasteiger partial charge on any atom is -0.493 e. The number of halogens is 1. The molecule has 2 aromatic rings. The quantitative estimate of drug-likeness (QED) is 0.682. The lowest BCUT2D eigenvalue weighted by Gasteiger charge is -2.32. The zero-order valence-electron chi connectivity index (χ0n) is 16.9. The normalized spacial score (nSPS) is 17.0. The molecule has 0 aliphatic carbocycles. The highest BCUT2D eigenvalue weighted by Crippen LogP contribution is 2.29. The number of benzene rings is 2. The molecule has 0 N–H and O–H groups in total. The van der Waals surface area contributed by atoms with Crippen LogP contribution < -0.4 is 9.47 Å². The number of carbonyl (C=O) groups is 1. The molecule has 6 heteroatoms. The Morgan fingerprint density at radius 3 is 2.66 bits per heavy atom. The molecule has 1 heterocycles. The van der Waals surface area contributed by atoms with Crippen LogP contribution in [-0.4, -0.2) is 43.7 Å². The molecule has 1 atom stereocenters. The van der Waals surface area contributed by atoms with Gasteiger partial charge in [0.15, 0.2) is 11.5 Å². The largest absolute Gasteiger partial charge is 0.493 e. The summed E-state index contributed by atoms with van der Waals surface area (Å²) in [6.07, 6.45) is 3.09. The third-order valence-corrected chi connectivity index (χ3v) is 4.59. The summed E-state index contributed by atoms with van der Waals surface area (Å²) in [5.74, 6) is 0.903. The Balaban J connectivity index is 1.66. The van der Waals surface area contributed by atoms with E-state index < -0.39 is 0 Å². The van der Waals surface area contributed by atoms with Gasteiger partial charge < -0.3 is 19.1 Å². The third kappa shape index (κ3) is 5.57. The molecule has 0 bridgehead atoms. The van der Waals surface area contributed by atoms with Gasteiger partial charge in [-0.1, -0.05) is 18.2 Å². The van der Waals surface area contributed by atoms with E-state index in [0.29, 0.717) is 31.2 Å². The molecule has 1 unspecified atom stereocenters. The number of ether oxygens (including phenoxy) is 3. The number of methoxy groups -OCH3 is 1. The smallest absolute Gasteiger partial charge is 0.246 e. The van der Waals surface area contributed by atoms with Crippen LogP contribution in [-0.2, 0) is 9.53 Å². The number of hydrogen-bond donors (Lipinski definition) is 0. The van der Waals surface area contributed by atoms with E-state index in [9.17, 15) is 9.18 Å². The molecule has 5 nitrogen and oxygen atoms in total. The van der Waals surface area contributed by atoms with Gasteiger partial charge in [-0.2, -0.15) is 0 Å². The van der Waals surface area contributed by atoms with Gasteiger partial charge in [0, 0.05) is 12.6 Å². The maximum Gasteiger partial charge on any atom is 0.246 e. The van der Waals surface area contributed by atoms with Crippen LogP contribution >= 0.6 is 0 Å². The van der Waals surface area contributed by atoms with E-state index in [2.05, 4.69) is 0 Å². The summed E-state index contributed by atoms with van der Waals surface area (Å²) >= 11 is 0. The lowest BCUT2D eigenvalue weighted by Crippen LogP contribution is -2.41. The average molecular weight is 399 g/mol. The van der Waals surface area contributed by atoms with E-state index in [1.54, 1.807) is 36.3 Å². The van der Waals surface area contributed by atoms with Crippen LogP contribution in [0.3, 0.4) is 0 Å². The maximum absolute atomic E-state index is 13.1. The molecule has 0 spiro atoms. The fraction of sp³-hybridized carbons (Fsp3) is 0.348. The number of carbonyl (C=O) groups excluding carboxylic acids is 1. The minimum absolute atomic E-state index is 0.0437. The van der Waals surface area contributed by atoms with Crippen LogP contribution in [0.1, 0.15) is 31.1 Å². The summed E-state index contributed by atoms with van der Waals surface area (Å²) in [6.45, 7) is 5.29. The van der Waals surface area contributed by atoms with Crippen LogP contribution in [0.25, 0.3) is 6.08 Å². The average Bonchev–Trinajstić information content (AvgIpc) is 2.73. The Labute approximate surface area is 170 Å². The molecule has 0 aromatic heterocycles. The van der Waals surface area contributed by atoms with Gasteiger partial charge in [0.25, 0.3) is 0 Å². The Kier molecular flexibility index (Phi) is 6.88. The molecule has 2 aromatic carbocycles. The fourth-order valence-electron chi connectivity index (χ4n) is 3.14. The summed E-state index contributed by atoms with van der Waals surface area (Å²) in [5.41, 5.74) is 1.70. The zero-order valence-corrected chi connectivity index (χ0v) is 16.9. The number of nitrogens with zero attached hydrogens (tertiary/aromatic N) is 1. The van der Waals surface area contributed by atoms with Crippen molar-refractivity contribution < 1.29 is 23.4 Å². The number of hydrogen-bond acceptors (Lipinski definition) is 4. The van der Waals surface area contributed by atoms with E-state index in [1.807, 2.05) is 32.0 Å². The van der Waals surface area contributed by atoms with Crippen molar-refractivity contribution in [3.05, 3.63) is 65.5 Å². The zero-order chi connectivity index (χ0) is 20.8. The molecule has 1 aliphatic rings. The third-order valence-electron chi connectivity index (χ3n) is 4.59. The van der Waals surface area contributed by atoms with Crippen molar-refractivity contribution in [2.75, 3.05) is 26.8 Å². The first-order chi connectivity index (χ1) is 14.0. The summed E-state index contributed by atoms with van der Waals surface area (Å²) in [4.78, 5) is 14.4. The molecule has 29 heavy (non-hydrogen) atoms. The van der Waals surface area contributed by atoms with Crippen molar-refractivity contribution in [3.8, 4) is 11.5 Å². The highest BCUT2D eigenvalue weighted by Gasteiger charge is 2.24. The van der Waals surface area contributed by atoms with Gasteiger partial charge >= 0.3 is 0 Å². The van der Waals surface area contributed by atoms with Crippen molar-refractivity contribution in [2.24, 2.45) is 0 Å². The van der Waals surface area contributed by atoms with E-state index in [1.165, 1.54) is 12.1 Å². The predicted octanol–water partition coefficient (Wildman–Crippen LogP) is 4.23. The van der Waals surface area contributed by atoms with Crippen LogP contribution in [0.5, 0.6) is 11.5 Å². The highest BCUT2D eigenvalue weighted by atomic mass is 19.1. The first kappa shape index (κ1) is 20.9. The molecule has 0 radical (unpaired) electrons. The van der Waals surface area contributed by atoms with Gasteiger partial charge in [-0.15, -0.1) is 0 Å². The highest BCUT2D eigenvalue weighted by molar-refractivity contribution is 5.92. The topological polar surface area (TPSA) is 48.0 Å². The van der Waals surface area contributed by atoms with Crippen molar-refractivity contribution in [2.45, 2.75) is 26.1 Å². The van der Waals surface area contributed by atoms with Crippen molar-refractivity contribution in [1.29, 1.82) is 0 Å². The van der Waals surface area contributed by atoms with Gasteiger partial charge in [0.2, 0.25) is 5.91 Å². The van der Waals surface area contributed by atoms with Crippen LogP contribution in [0.2, 0.25) is 0 Å². The van der Waals surface area contributed by atoms with E-state index in [0.717, 1.165) is 11.1 Å². The van der Waals surface area contributed by atoms with Gasteiger partial charge in [0.1, 0.15) is 11.9 Å². The lowest BCUT2D eigenvalue weighted by molar-refractivity contribution is -0.133.